The van der Waals surface area contributed by atoms with E-state index in [9.17, 15) is 35.6 Å². The number of fused-ring (bicyclic) bond motifs is 1. The van der Waals surface area contributed by atoms with Gasteiger partial charge in [0.15, 0.2) is 6.19 Å². The van der Waals surface area contributed by atoms with Crippen LogP contribution in [0.4, 0.5) is 0 Å². The van der Waals surface area contributed by atoms with Crippen molar-refractivity contribution in [2.24, 2.45) is 17.2 Å². The van der Waals surface area contributed by atoms with Crippen molar-refractivity contribution in [2.45, 2.75) is 43.8 Å². The lowest BCUT2D eigenvalue weighted by Gasteiger charge is -2.32. The summed E-state index contributed by atoms with van der Waals surface area (Å²) in [5.41, 5.74) is 19.3. The lowest BCUT2D eigenvalue weighted by Crippen LogP contribution is -2.57. The standard InChI is InChI=1S/C34H50B3N3O13/c38-19-25(44)22-7-1-10-27(48-16-4-13-41)31(22)35(53-37(47)32-23(26(45)20-39)8-2-11-28(32)49-17-5-14-42)34-51-30(21-40)24-9-3-12-29(50-18-6-15-43)33(24)36(46)52-34/h1-3,7-12,25-26,30,34,41-47H,4-6,13-21,38-40H2. The molecule has 0 radical (unpaired) electrons. The van der Waals surface area contributed by atoms with Gasteiger partial charge in [-0.3, -0.25) is 0 Å². The second-order valence-corrected chi connectivity index (χ2v) is 12.2. The molecule has 288 valence electrons. The van der Waals surface area contributed by atoms with Crippen LogP contribution in [0.25, 0.3) is 0 Å². The maximum absolute atomic E-state index is 12.0. The van der Waals surface area contributed by atoms with E-state index in [1.54, 1.807) is 54.6 Å². The van der Waals surface area contributed by atoms with Crippen molar-refractivity contribution >= 4 is 37.5 Å². The quantitative estimate of drug-likeness (QED) is 0.0360. The summed E-state index contributed by atoms with van der Waals surface area (Å²) in [5.74, 6) is 0.560. The van der Waals surface area contributed by atoms with Crippen LogP contribution in [0.3, 0.4) is 0 Å². The predicted octanol–water partition coefficient (Wildman–Crippen LogP) is -3.14. The molecular formula is C34H50B3N3O13. The first-order valence-corrected chi connectivity index (χ1v) is 17.6. The average molecular weight is 741 g/mol. The number of aliphatic hydroxyl groups is 5. The van der Waals surface area contributed by atoms with Crippen LogP contribution in [0.1, 0.15) is 54.3 Å². The molecule has 3 aromatic carbocycles. The van der Waals surface area contributed by atoms with Crippen LogP contribution in [0.15, 0.2) is 54.6 Å². The Bertz CT molecular complexity index is 1560. The third-order valence-electron chi connectivity index (χ3n) is 8.57. The van der Waals surface area contributed by atoms with E-state index < -0.39 is 45.7 Å². The average Bonchev–Trinajstić information content (AvgIpc) is 3.32. The molecule has 53 heavy (non-hydrogen) atoms. The van der Waals surface area contributed by atoms with E-state index in [0.717, 1.165) is 0 Å². The Morgan fingerprint density at radius 1 is 0.717 bits per heavy atom. The molecule has 4 unspecified atom stereocenters. The fraction of sp³-hybridized carbons (Fsp3) is 0.471. The smallest absolute Gasteiger partial charge is 0.494 e. The molecule has 0 bridgehead atoms. The summed E-state index contributed by atoms with van der Waals surface area (Å²) in [6, 6.07) is 14.5. The van der Waals surface area contributed by atoms with Crippen LogP contribution in [-0.4, -0.2) is 122 Å². The molecule has 0 spiro atoms. The number of hydrogen-bond acceptors (Lipinski definition) is 16. The van der Waals surface area contributed by atoms with Gasteiger partial charge in [-0.15, -0.1) is 0 Å². The minimum Gasteiger partial charge on any atom is -0.494 e. The second kappa shape index (κ2) is 21.6. The van der Waals surface area contributed by atoms with Crippen molar-refractivity contribution in [3.05, 3.63) is 71.3 Å². The molecule has 0 saturated heterocycles. The zero-order valence-corrected chi connectivity index (χ0v) is 29.5. The predicted molar refractivity (Wildman–Crippen MR) is 198 cm³/mol. The molecule has 4 atom stereocenters. The van der Waals surface area contributed by atoms with E-state index >= 15 is 0 Å². The van der Waals surface area contributed by atoms with Gasteiger partial charge in [-0.25, -0.2) is 0 Å². The normalized spacial score (nSPS) is 16.8. The summed E-state index contributed by atoms with van der Waals surface area (Å²) in [5, 5.41) is 74.0. The third-order valence-corrected chi connectivity index (χ3v) is 8.57. The second-order valence-electron chi connectivity index (χ2n) is 12.2. The highest BCUT2D eigenvalue weighted by Crippen LogP contribution is 2.30. The van der Waals surface area contributed by atoms with Gasteiger partial charge in [-0.1, -0.05) is 36.4 Å². The lowest BCUT2D eigenvalue weighted by molar-refractivity contribution is -0.0778. The first kappa shape index (κ1) is 42.5. The van der Waals surface area contributed by atoms with Crippen molar-refractivity contribution in [1.82, 2.24) is 0 Å². The fourth-order valence-corrected chi connectivity index (χ4v) is 6.01. The van der Waals surface area contributed by atoms with E-state index in [1.165, 1.54) is 0 Å². The Morgan fingerprint density at radius 2 is 1.21 bits per heavy atom. The zero-order chi connectivity index (χ0) is 38.3. The summed E-state index contributed by atoms with van der Waals surface area (Å²) < 4.78 is 37.0. The van der Waals surface area contributed by atoms with Gasteiger partial charge in [-0.2, -0.15) is 0 Å². The van der Waals surface area contributed by atoms with E-state index in [0.29, 0.717) is 12.0 Å². The van der Waals surface area contributed by atoms with Crippen LogP contribution >= 0.6 is 0 Å². The number of rotatable bonds is 22. The van der Waals surface area contributed by atoms with E-state index in [4.69, 9.17) is 45.4 Å². The van der Waals surface area contributed by atoms with Crippen molar-refractivity contribution in [1.29, 1.82) is 0 Å². The van der Waals surface area contributed by atoms with Gasteiger partial charge in [0.05, 0.1) is 38.1 Å². The summed E-state index contributed by atoms with van der Waals surface area (Å²) in [6.07, 6.45) is -4.17. The minimum atomic E-state index is -1.90. The summed E-state index contributed by atoms with van der Waals surface area (Å²) in [4.78, 5) is 0. The van der Waals surface area contributed by atoms with E-state index in [1.807, 2.05) is 0 Å². The Hall–Kier alpha value is -3.27. The molecule has 16 nitrogen and oxygen atoms in total. The Morgan fingerprint density at radius 3 is 1.74 bits per heavy atom. The van der Waals surface area contributed by atoms with Gasteiger partial charge in [-0.05, 0) is 34.9 Å². The molecule has 1 heterocycles. The van der Waals surface area contributed by atoms with Crippen molar-refractivity contribution in [3.8, 4) is 17.2 Å². The number of hydrogen-bond donors (Lipinski definition) is 10. The van der Waals surface area contributed by atoms with Crippen molar-refractivity contribution in [2.75, 3.05) is 59.3 Å². The molecule has 0 aliphatic carbocycles. The lowest BCUT2D eigenvalue weighted by atomic mass is 9.54. The maximum Gasteiger partial charge on any atom is 0.496 e. The molecule has 13 N–H and O–H groups in total. The van der Waals surface area contributed by atoms with Gasteiger partial charge in [0.1, 0.15) is 17.2 Å². The molecule has 0 fully saturated rings. The molecule has 19 heteroatoms. The molecule has 0 aromatic heterocycles. The number of aliphatic hydroxyl groups excluding tert-OH is 5. The zero-order valence-electron chi connectivity index (χ0n) is 29.5. The highest BCUT2D eigenvalue weighted by molar-refractivity contribution is 6.79. The van der Waals surface area contributed by atoms with E-state index in [2.05, 4.69) is 0 Å². The van der Waals surface area contributed by atoms with Crippen LogP contribution in [0.5, 0.6) is 17.2 Å². The Kier molecular flexibility index (Phi) is 17.3. The van der Waals surface area contributed by atoms with E-state index in [-0.39, 0.29) is 117 Å². The van der Waals surface area contributed by atoms with Crippen molar-refractivity contribution < 1.29 is 63.8 Å². The third kappa shape index (κ3) is 10.7. The Balaban J connectivity index is 1.91. The molecule has 1 aliphatic rings. The Labute approximate surface area is 309 Å². The monoisotopic (exact) mass is 741 g/mol. The highest BCUT2D eigenvalue weighted by atomic mass is 16.7. The molecule has 0 amide bonds. The van der Waals surface area contributed by atoms with Crippen LogP contribution in [-0.2, 0) is 14.0 Å². The molecule has 1 aliphatic heterocycles. The van der Waals surface area contributed by atoms with Gasteiger partial charge in [0.2, 0.25) is 0 Å². The van der Waals surface area contributed by atoms with Crippen LogP contribution < -0.4 is 47.8 Å². The topological polar surface area (TPSA) is 275 Å². The van der Waals surface area contributed by atoms with Crippen LogP contribution in [0, 0.1) is 0 Å². The maximum atomic E-state index is 12.0. The number of ether oxygens (including phenoxy) is 4. The number of benzene rings is 3. The molecular weight excluding hydrogens is 691 g/mol. The largest absolute Gasteiger partial charge is 0.496 e. The van der Waals surface area contributed by atoms with Gasteiger partial charge in [0, 0.05) is 75.1 Å². The first-order chi connectivity index (χ1) is 25.7. The van der Waals surface area contributed by atoms with Gasteiger partial charge >= 0.3 is 21.2 Å². The minimum absolute atomic E-state index is 0.0143. The molecule has 3 aromatic rings. The SMILES string of the molecule is NCC(O)c1cccc(OCCCO)c1B(O)OB(c1c(OCCCO)cccc1C(O)CN)C1OB(O)c2c(OCCCO)cccc2C(CN)O1. The highest BCUT2D eigenvalue weighted by Gasteiger charge is 2.47. The molecule has 4 rings (SSSR count). The summed E-state index contributed by atoms with van der Waals surface area (Å²) in [6.45, 7) is -2.24. The van der Waals surface area contributed by atoms with Gasteiger partial charge in [0.25, 0.3) is 0 Å². The van der Waals surface area contributed by atoms with Crippen LogP contribution in [0.2, 0.25) is 0 Å². The van der Waals surface area contributed by atoms with Crippen molar-refractivity contribution in [3.63, 3.8) is 0 Å². The molecule has 0 saturated carbocycles. The fourth-order valence-electron chi connectivity index (χ4n) is 6.01. The summed E-state index contributed by atoms with van der Waals surface area (Å²) in [7, 11) is -3.60. The van der Waals surface area contributed by atoms with Gasteiger partial charge < -0.3 is 81.0 Å². The number of nitrogens with two attached hydrogens (primary N) is 3. The summed E-state index contributed by atoms with van der Waals surface area (Å²) >= 11 is 0. The first-order valence-electron chi connectivity index (χ1n) is 17.6.